The number of amides is 1. The van der Waals surface area contributed by atoms with Gasteiger partial charge in [0.2, 0.25) is 10.0 Å². The summed E-state index contributed by atoms with van der Waals surface area (Å²) in [5.74, 6) is 0.720. The molecule has 1 aliphatic carbocycles. The number of nitrogens with one attached hydrogen (secondary N) is 1. The minimum absolute atomic E-state index is 0.0806. The molecule has 3 N–H and O–H groups in total. The lowest BCUT2D eigenvalue weighted by atomic mass is 9.90. The van der Waals surface area contributed by atoms with Gasteiger partial charge in [0.05, 0.1) is 22.6 Å². The molecule has 1 atom stereocenters. The molecule has 1 heterocycles. The van der Waals surface area contributed by atoms with Crippen LogP contribution in [-0.4, -0.2) is 21.4 Å². The maximum Gasteiger partial charge on any atom is 0.265 e. The molecule has 25 heavy (non-hydrogen) atoms. The number of anilines is 1. The normalized spacial score (nSPS) is 17.0. The van der Waals surface area contributed by atoms with Crippen LogP contribution in [0.2, 0.25) is 0 Å². The number of rotatable bonds is 4. The van der Waals surface area contributed by atoms with E-state index in [4.69, 9.17) is 9.88 Å². The molecule has 0 radical (unpaired) electrons. The summed E-state index contributed by atoms with van der Waals surface area (Å²) in [6.07, 6.45) is 3.13. The molecular weight excluding hydrogens is 360 g/mol. The number of carbonyl (C=O) groups is 1. The number of carbonyl (C=O) groups excluding carboxylic acids is 1. The van der Waals surface area contributed by atoms with E-state index in [1.54, 1.807) is 0 Å². The predicted molar refractivity (Wildman–Crippen MR) is 97.8 cm³/mol. The molecule has 3 rings (SSSR count). The monoisotopic (exact) mass is 380 g/mol. The van der Waals surface area contributed by atoms with E-state index in [9.17, 15) is 13.2 Å². The summed E-state index contributed by atoms with van der Waals surface area (Å²) in [5, 5.41) is 7.90. The summed E-state index contributed by atoms with van der Waals surface area (Å²) >= 11 is 1.49. The van der Waals surface area contributed by atoms with E-state index in [1.807, 2.05) is 6.07 Å². The van der Waals surface area contributed by atoms with Crippen LogP contribution >= 0.6 is 11.3 Å². The predicted octanol–water partition coefficient (Wildman–Crippen LogP) is 2.78. The first-order valence-electron chi connectivity index (χ1n) is 7.91. The van der Waals surface area contributed by atoms with E-state index in [1.165, 1.54) is 47.1 Å². The lowest BCUT2D eigenvalue weighted by Gasteiger charge is -2.16. The molecule has 0 saturated carbocycles. The van der Waals surface area contributed by atoms with Gasteiger partial charge in [-0.2, -0.15) is 0 Å². The second-order valence-electron chi connectivity index (χ2n) is 6.27. The maximum atomic E-state index is 12.6. The van der Waals surface area contributed by atoms with Crippen LogP contribution in [0.4, 0.5) is 5.69 Å². The van der Waals surface area contributed by atoms with Gasteiger partial charge in [-0.25, -0.2) is 13.6 Å². The highest BCUT2D eigenvalue weighted by atomic mass is 32.2. The van der Waals surface area contributed by atoms with Crippen LogP contribution in [0, 0.1) is 5.92 Å². The average molecular weight is 380 g/mol. The first kappa shape index (κ1) is 17.9. The Hall–Kier alpha value is -1.90. The Labute approximate surface area is 151 Å². The van der Waals surface area contributed by atoms with E-state index >= 15 is 0 Å². The second kappa shape index (κ2) is 6.78. The Kier molecular flexibility index (Phi) is 4.86. The molecule has 0 saturated heterocycles. The SMILES string of the molecule is COc1ccc(S(N)(=O)=O)cc1NC(=O)c1cc2c(s1)CCC(C)C2. The molecule has 1 aromatic carbocycles. The number of thiophene rings is 1. The molecule has 8 heteroatoms. The summed E-state index contributed by atoms with van der Waals surface area (Å²) in [5.41, 5.74) is 1.51. The van der Waals surface area contributed by atoms with Crippen LogP contribution in [-0.2, 0) is 22.9 Å². The smallest absolute Gasteiger partial charge is 0.265 e. The highest BCUT2D eigenvalue weighted by molar-refractivity contribution is 7.89. The van der Waals surface area contributed by atoms with Gasteiger partial charge in [0, 0.05) is 4.88 Å². The third-order valence-corrected chi connectivity index (χ3v) is 6.45. The van der Waals surface area contributed by atoms with Gasteiger partial charge in [0.25, 0.3) is 5.91 Å². The van der Waals surface area contributed by atoms with E-state index < -0.39 is 10.0 Å². The summed E-state index contributed by atoms with van der Waals surface area (Å²) in [4.78, 5) is 14.4. The molecule has 1 aromatic heterocycles. The van der Waals surface area contributed by atoms with Crippen molar-refractivity contribution in [2.45, 2.75) is 31.1 Å². The number of fused-ring (bicyclic) bond motifs is 1. The van der Waals surface area contributed by atoms with Crippen molar-refractivity contribution >= 4 is 33.0 Å². The zero-order valence-electron chi connectivity index (χ0n) is 14.0. The maximum absolute atomic E-state index is 12.6. The Morgan fingerprint density at radius 2 is 2.12 bits per heavy atom. The van der Waals surface area contributed by atoms with Crippen molar-refractivity contribution in [1.82, 2.24) is 0 Å². The van der Waals surface area contributed by atoms with Crippen LogP contribution in [0.3, 0.4) is 0 Å². The first-order valence-corrected chi connectivity index (χ1v) is 10.3. The van der Waals surface area contributed by atoms with Gasteiger partial charge in [-0.1, -0.05) is 6.92 Å². The molecular formula is C17H20N2O4S2. The molecule has 1 aliphatic rings. The van der Waals surface area contributed by atoms with Gasteiger partial charge in [-0.15, -0.1) is 11.3 Å². The number of benzene rings is 1. The van der Waals surface area contributed by atoms with Gasteiger partial charge >= 0.3 is 0 Å². The minimum atomic E-state index is -3.86. The summed E-state index contributed by atoms with van der Waals surface area (Å²) in [6, 6.07) is 6.05. The Bertz CT molecular complexity index is 919. The molecule has 2 aromatic rings. The fraction of sp³-hybridized carbons (Fsp3) is 0.353. The number of hydrogen-bond acceptors (Lipinski definition) is 5. The van der Waals surface area contributed by atoms with Crippen molar-refractivity contribution in [1.29, 1.82) is 0 Å². The summed E-state index contributed by atoms with van der Waals surface area (Å²) in [6.45, 7) is 2.21. The van der Waals surface area contributed by atoms with Crippen LogP contribution in [0.5, 0.6) is 5.75 Å². The van der Waals surface area contributed by atoms with Gasteiger partial charge in [0.15, 0.2) is 0 Å². The Morgan fingerprint density at radius 3 is 2.80 bits per heavy atom. The third kappa shape index (κ3) is 3.86. The molecule has 134 valence electrons. The topological polar surface area (TPSA) is 98.5 Å². The van der Waals surface area contributed by atoms with E-state index in [0.29, 0.717) is 16.5 Å². The molecule has 0 fully saturated rings. The van der Waals surface area contributed by atoms with Crippen molar-refractivity contribution in [3.05, 3.63) is 39.6 Å². The summed E-state index contributed by atoms with van der Waals surface area (Å²) in [7, 11) is -2.41. The summed E-state index contributed by atoms with van der Waals surface area (Å²) < 4.78 is 28.3. The third-order valence-electron chi connectivity index (χ3n) is 4.30. The number of methoxy groups -OCH3 is 1. The van der Waals surface area contributed by atoms with Crippen molar-refractivity contribution < 1.29 is 17.9 Å². The largest absolute Gasteiger partial charge is 0.495 e. The molecule has 0 spiro atoms. The lowest BCUT2D eigenvalue weighted by Crippen LogP contribution is -2.15. The van der Waals surface area contributed by atoms with Gasteiger partial charge in [-0.05, 0) is 55.0 Å². The minimum Gasteiger partial charge on any atom is -0.495 e. The van der Waals surface area contributed by atoms with Gasteiger partial charge in [0.1, 0.15) is 5.75 Å². The van der Waals surface area contributed by atoms with E-state index in [2.05, 4.69) is 12.2 Å². The Morgan fingerprint density at radius 1 is 1.36 bits per heavy atom. The molecule has 0 bridgehead atoms. The number of primary sulfonamides is 1. The fourth-order valence-electron chi connectivity index (χ4n) is 2.96. The lowest BCUT2D eigenvalue weighted by molar-refractivity contribution is 0.103. The van der Waals surface area contributed by atoms with Crippen molar-refractivity contribution in [2.75, 3.05) is 12.4 Å². The van der Waals surface area contributed by atoms with Crippen LogP contribution in [0.1, 0.15) is 33.5 Å². The van der Waals surface area contributed by atoms with E-state index in [-0.39, 0.29) is 16.5 Å². The van der Waals surface area contributed by atoms with E-state index in [0.717, 1.165) is 19.3 Å². The molecule has 6 nitrogen and oxygen atoms in total. The molecule has 1 amide bonds. The number of nitrogens with two attached hydrogens (primary N) is 1. The standard InChI is InChI=1S/C17H20N2O4S2/c1-10-3-6-15-11(7-10)8-16(24-15)17(20)19-13-9-12(25(18,21)22)4-5-14(13)23-2/h4-5,8-10H,3,6-7H2,1-2H3,(H,19,20)(H2,18,21,22). The molecule has 1 unspecified atom stereocenters. The zero-order chi connectivity index (χ0) is 18.2. The highest BCUT2D eigenvalue weighted by Gasteiger charge is 2.21. The second-order valence-corrected chi connectivity index (χ2v) is 8.97. The molecule has 0 aliphatic heterocycles. The fourth-order valence-corrected chi connectivity index (χ4v) is 4.61. The highest BCUT2D eigenvalue weighted by Crippen LogP contribution is 2.33. The Balaban J connectivity index is 1.88. The average Bonchev–Trinajstić information content (AvgIpc) is 2.97. The number of aryl methyl sites for hydroxylation is 1. The van der Waals surface area contributed by atoms with Gasteiger partial charge < -0.3 is 10.1 Å². The van der Waals surface area contributed by atoms with Crippen molar-refractivity contribution in [2.24, 2.45) is 11.1 Å². The van der Waals surface area contributed by atoms with Crippen LogP contribution in [0.15, 0.2) is 29.2 Å². The van der Waals surface area contributed by atoms with Crippen molar-refractivity contribution in [3.63, 3.8) is 0 Å². The first-order chi connectivity index (χ1) is 11.8. The van der Waals surface area contributed by atoms with Crippen LogP contribution < -0.4 is 15.2 Å². The van der Waals surface area contributed by atoms with Crippen molar-refractivity contribution in [3.8, 4) is 5.75 Å². The number of sulfonamides is 1. The van der Waals surface area contributed by atoms with Crippen LogP contribution in [0.25, 0.3) is 0 Å². The van der Waals surface area contributed by atoms with Gasteiger partial charge in [-0.3, -0.25) is 4.79 Å². The zero-order valence-corrected chi connectivity index (χ0v) is 15.7. The number of ether oxygens (including phenoxy) is 1. The number of hydrogen-bond donors (Lipinski definition) is 2. The quantitative estimate of drug-likeness (QED) is 0.852.